The molecule has 8 heteroatoms. The number of benzene rings is 1. The smallest absolute Gasteiger partial charge is 0.262 e. The molecular formula is C19H16ClN3O3S. The number of fused-ring (bicyclic) bond motifs is 1. The Hall–Kier alpha value is -2.51. The Morgan fingerprint density at radius 1 is 1.26 bits per heavy atom. The van der Waals surface area contributed by atoms with Crippen LogP contribution in [0.3, 0.4) is 0 Å². The Kier molecular flexibility index (Phi) is 4.80. The topological polar surface area (TPSA) is 74.1 Å². The van der Waals surface area contributed by atoms with Crippen LogP contribution in [0.25, 0.3) is 10.9 Å². The van der Waals surface area contributed by atoms with Gasteiger partial charge in [-0.15, -0.1) is 0 Å². The minimum atomic E-state index is -0.130. The summed E-state index contributed by atoms with van der Waals surface area (Å²) in [6, 6.07) is 8.73. The summed E-state index contributed by atoms with van der Waals surface area (Å²) in [5, 5.41) is 5.63. The van der Waals surface area contributed by atoms with Gasteiger partial charge in [0, 0.05) is 16.3 Å². The van der Waals surface area contributed by atoms with Crippen molar-refractivity contribution in [3.63, 3.8) is 0 Å². The highest BCUT2D eigenvalue weighted by Gasteiger charge is 2.16. The SMILES string of the molecule is Cc1noc(C)c1CSc1nc2cc(Cl)ccc2c(=O)n1Cc1ccco1. The highest BCUT2D eigenvalue weighted by atomic mass is 35.5. The number of aromatic nitrogens is 3. The predicted molar refractivity (Wildman–Crippen MR) is 104 cm³/mol. The molecule has 138 valence electrons. The molecule has 0 unspecified atom stereocenters. The maximum atomic E-state index is 13.1. The van der Waals surface area contributed by atoms with E-state index in [1.54, 1.807) is 35.1 Å². The molecule has 6 nitrogen and oxygen atoms in total. The molecule has 0 aliphatic heterocycles. The van der Waals surface area contributed by atoms with Gasteiger partial charge in [0.15, 0.2) is 5.16 Å². The van der Waals surface area contributed by atoms with Gasteiger partial charge in [0.1, 0.15) is 11.5 Å². The Morgan fingerprint density at radius 2 is 2.11 bits per heavy atom. The van der Waals surface area contributed by atoms with E-state index in [4.69, 9.17) is 20.5 Å². The fourth-order valence-electron chi connectivity index (χ4n) is 2.83. The molecule has 3 heterocycles. The summed E-state index contributed by atoms with van der Waals surface area (Å²) >= 11 is 7.54. The second kappa shape index (κ2) is 7.25. The molecule has 1 aromatic carbocycles. The third-order valence-corrected chi connectivity index (χ3v) is 5.54. The zero-order chi connectivity index (χ0) is 19.0. The van der Waals surface area contributed by atoms with Gasteiger partial charge in [-0.25, -0.2) is 4.98 Å². The first kappa shape index (κ1) is 17.9. The second-order valence-corrected chi connectivity index (χ2v) is 7.50. The molecule has 0 amide bonds. The highest BCUT2D eigenvalue weighted by Crippen LogP contribution is 2.26. The highest BCUT2D eigenvalue weighted by molar-refractivity contribution is 7.98. The van der Waals surface area contributed by atoms with Crippen molar-refractivity contribution in [2.75, 3.05) is 0 Å². The molecule has 0 saturated carbocycles. The molecule has 0 N–H and O–H groups in total. The van der Waals surface area contributed by atoms with E-state index in [0.717, 1.165) is 17.0 Å². The molecule has 0 radical (unpaired) electrons. The van der Waals surface area contributed by atoms with E-state index in [-0.39, 0.29) is 5.56 Å². The van der Waals surface area contributed by atoms with Crippen molar-refractivity contribution in [2.45, 2.75) is 31.3 Å². The number of thioether (sulfide) groups is 1. The summed E-state index contributed by atoms with van der Waals surface area (Å²) in [6.07, 6.45) is 1.59. The van der Waals surface area contributed by atoms with Crippen molar-refractivity contribution in [2.24, 2.45) is 0 Å². The molecular weight excluding hydrogens is 386 g/mol. The van der Waals surface area contributed by atoms with Gasteiger partial charge >= 0.3 is 0 Å². The minimum absolute atomic E-state index is 0.130. The molecule has 0 spiro atoms. The van der Waals surface area contributed by atoms with Crippen LogP contribution in [0.2, 0.25) is 5.02 Å². The van der Waals surface area contributed by atoms with Gasteiger partial charge in [-0.1, -0.05) is 28.5 Å². The van der Waals surface area contributed by atoms with E-state index in [9.17, 15) is 4.79 Å². The molecule has 3 aromatic heterocycles. The molecule has 0 saturated heterocycles. The number of hydrogen-bond donors (Lipinski definition) is 0. The lowest BCUT2D eigenvalue weighted by Gasteiger charge is -2.12. The quantitative estimate of drug-likeness (QED) is 0.359. The largest absolute Gasteiger partial charge is 0.467 e. The fourth-order valence-corrected chi connectivity index (χ4v) is 4.14. The van der Waals surface area contributed by atoms with E-state index in [1.807, 2.05) is 19.9 Å². The summed E-state index contributed by atoms with van der Waals surface area (Å²) in [5.41, 5.74) is 2.28. The zero-order valence-electron chi connectivity index (χ0n) is 14.7. The summed E-state index contributed by atoms with van der Waals surface area (Å²) < 4.78 is 12.3. The molecule has 0 aliphatic rings. The molecule has 0 fully saturated rings. The number of hydrogen-bond acceptors (Lipinski definition) is 6. The van der Waals surface area contributed by atoms with Crippen molar-refractivity contribution in [3.05, 3.63) is 74.7 Å². The van der Waals surface area contributed by atoms with Crippen molar-refractivity contribution in [1.29, 1.82) is 0 Å². The summed E-state index contributed by atoms with van der Waals surface area (Å²) in [6.45, 7) is 4.08. The first-order valence-corrected chi connectivity index (χ1v) is 9.66. The van der Waals surface area contributed by atoms with Crippen LogP contribution in [-0.4, -0.2) is 14.7 Å². The van der Waals surface area contributed by atoms with Crippen molar-refractivity contribution in [3.8, 4) is 0 Å². The lowest BCUT2D eigenvalue weighted by atomic mass is 10.2. The number of rotatable bonds is 5. The predicted octanol–water partition coefficient (Wildman–Crippen LogP) is 4.59. The average Bonchev–Trinajstić information content (AvgIpc) is 3.26. The van der Waals surface area contributed by atoms with E-state index < -0.39 is 0 Å². The lowest BCUT2D eigenvalue weighted by Crippen LogP contribution is -2.23. The molecule has 27 heavy (non-hydrogen) atoms. The van der Waals surface area contributed by atoms with Crippen molar-refractivity contribution in [1.82, 2.24) is 14.7 Å². The van der Waals surface area contributed by atoms with Crippen LogP contribution >= 0.6 is 23.4 Å². The monoisotopic (exact) mass is 401 g/mol. The third kappa shape index (κ3) is 3.52. The summed E-state index contributed by atoms with van der Waals surface area (Å²) in [7, 11) is 0. The first-order valence-electron chi connectivity index (χ1n) is 8.30. The maximum Gasteiger partial charge on any atom is 0.262 e. The van der Waals surface area contributed by atoms with Gasteiger partial charge in [-0.3, -0.25) is 9.36 Å². The molecule has 0 atom stereocenters. The Bertz CT molecular complexity index is 1150. The van der Waals surface area contributed by atoms with Gasteiger partial charge in [0.05, 0.1) is 29.4 Å². The van der Waals surface area contributed by atoms with E-state index in [1.165, 1.54) is 11.8 Å². The van der Waals surface area contributed by atoms with Crippen LogP contribution in [0.1, 0.15) is 22.8 Å². The van der Waals surface area contributed by atoms with Crippen LogP contribution < -0.4 is 5.56 Å². The normalized spacial score (nSPS) is 11.4. The number of nitrogens with zero attached hydrogens (tertiary/aromatic N) is 3. The van der Waals surface area contributed by atoms with Crippen LogP contribution in [0.4, 0.5) is 0 Å². The Balaban J connectivity index is 1.79. The van der Waals surface area contributed by atoms with Gasteiger partial charge in [0.25, 0.3) is 5.56 Å². The van der Waals surface area contributed by atoms with E-state index >= 15 is 0 Å². The van der Waals surface area contributed by atoms with E-state index in [2.05, 4.69) is 10.1 Å². The molecule has 0 bridgehead atoms. The minimum Gasteiger partial charge on any atom is -0.467 e. The van der Waals surface area contributed by atoms with Crippen LogP contribution in [-0.2, 0) is 12.3 Å². The summed E-state index contributed by atoms with van der Waals surface area (Å²) in [5.74, 6) is 2.05. The van der Waals surface area contributed by atoms with E-state index in [0.29, 0.717) is 39.1 Å². The van der Waals surface area contributed by atoms with Gasteiger partial charge in [0.2, 0.25) is 0 Å². The van der Waals surface area contributed by atoms with Gasteiger partial charge < -0.3 is 8.94 Å². The number of aryl methyl sites for hydroxylation is 2. The summed E-state index contributed by atoms with van der Waals surface area (Å²) in [4.78, 5) is 17.8. The van der Waals surface area contributed by atoms with Gasteiger partial charge in [-0.05, 0) is 44.2 Å². The Morgan fingerprint density at radius 3 is 2.81 bits per heavy atom. The van der Waals surface area contributed by atoms with Crippen LogP contribution in [0, 0.1) is 13.8 Å². The molecule has 4 rings (SSSR count). The average molecular weight is 402 g/mol. The third-order valence-electron chi connectivity index (χ3n) is 4.30. The van der Waals surface area contributed by atoms with Crippen molar-refractivity contribution < 1.29 is 8.94 Å². The maximum absolute atomic E-state index is 13.1. The first-order chi connectivity index (χ1) is 13.0. The molecule has 4 aromatic rings. The second-order valence-electron chi connectivity index (χ2n) is 6.12. The van der Waals surface area contributed by atoms with Gasteiger partial charge in [-0.2, -0.15) is 0 Å². The Labute approximate surface area is 164 Å². The lowest BCUT2D eigenvalue weighted by molar-refractivity contribution is 0.392. The van der Waals surface area contributed by atoms with Crippen LogP contribution in [0.5, 0.6) is 0 Å². The van der Waals surface area contributed by atoms with Crippen molar-refractivity contribution >= 4 is 34.3 Å². The number of halogens is 1. The molecule has 0 aliphatic carbocycles. The van der Waals surface area contributed by atoms with Crippen LogP contribution in [0.15, 0.2) is 55.5 Å². The fraction of sp³-hybridized carbons (Fsp3) is 0.211. The standard InChI is InChI=1S/C19H16ClN3O3S/c1-11-16(12(2)26-22-11)10-27-19-21-17-8-13(20)5-6-15(17)18(24)23(19)9-14-4-3-7-25-14/h3-8H,9-10H2,1-2H3. The number of furan rings is 1. The zero-order valence-corrected chi connectivity index (χ0v) is 16.3.